The van der Waals surface area contributed by atoms with Crippen molar-refractivity contribution >= 4 is 29.7 Å². The zero-order valence-corrected chi connectivity index (χ0v) is 26.8. The smallest absolute Gasteiger partial charge is 0.269 e. The minimum Gasteiger partial charge on any atom is -0.377 e. The van der Waals surface area contributed by atoms with Gasteiger partial charge in [0.25, 0.3) is 5.91 Å². The number of anilines is 1. The van der Waals surface area contributed by atoms with E-state index in [9.17, 15) is 19.2 Å². The van der Waals surface area contributed by atoms with Gasteiger partial charge in [0.15, 0.2) is 6.29 Å². The van der Waals surface area contributed by atoms with Gasteiger partial charge in [-0.1, -0.05) is 48.2 Å². The van der Waals surface area contributed by atoms with E-state index in [1.54, 1.807) is 11.0 Å². The summed E-state index contributed by atoms with van der Waals surface area (Å²) in [4.78, 5) is 54.1. The molecule has 1 aromatic heterocycles. The molecule has 252 valence electrons. The Kier molecular flexibility index (Phi) is 15.2. The molecule has 4 rings (SSSR count). The number of amides is 3. The lowest BCUT2D eigenvalue weighted by molar-refractivity contribution is -0.125. The molecular formula is C36H40N4O8. The van der Waals surface area contributed by atoms with Crippen molar-refractivity contribution in [2.75, 3.05) is 70.8 Å². The Morgan fingerprint density at radius 1 is 0.708 bits per heavy atom. The molecule has 0 spiro atoms. The van der Waals surface area contributed by atoms with Gasteiger partial charge in [-0.2, -0.15) is 0 Å². The molecule has 2 N–H and O–H groups in total. The van der Waals surface area contributed by atoms with Crippen LogP contribution in [0.15, 0.2) is 66.7 Å². The summed E-state index contributed by atoms with van der Waals surface area (Å²) < 4.78 is 21.8. The van der Waals surface area contributed by atoms with Gasteiger partial charge in [0.1, 0.15) is 11.4 Å². The number of para-hydroxylation sites is 1. The number of fused-ring (bicyclic) bond motifs is 2. The Morgan fingerprint density at radius 2 is 1.31 bits per heavy atom. The lowest BCUT2D eigenvalue weighted by Crippen LogP contribution is -2.34. The second-order valence-corrected chi connectivity index (χ2v) is 10.5. The lowest BCUT2D eigenvalue weighted by atomic mass is 10.0. The summed E-state index contributed by atoms with van der Waals surface area (Å²) in [5, 5.41) is 5.47. The fourth-order valence-electron chi connectivity index (χ4n) is 4.65. The highest BCUT2D eigenvalue weighted by Crippen LogP contribution is 2.26. The Hall–Kier alpha value is -4.93. The number of benzene rings is 2. The third-order valence-corrected chi connectivity index (χ3v) is 7.08. The molecule has 0 radical (unpaired) electrons. The molecule has 3 amide bonds. The van der Waals surface area contributed by atoms with Crippen molar-refractivity contribution in [3.8, 4) is 11.8 Å². The quantitative estimate of drug-likeness (QED) is 0.106. The number of nitrogens with zero attached hydrogens (tertiary/aromatic N) is 2. The van der Waals surface area contributed by atoms with Crippen molar-refractivity contribution in [1.29, 1.82) is 0 Å². The highest BCUT2D eigenvalue weighted by atomic mass is 16.6. The molecule has 1 aliphatic heterocycles. The van der Waals surface area contributed by atoms with Gasteiger partial charge in [0.2, 0.25) is 11.8 Å². The van der Waals surface area contributed by atoms with Gasteiger partial charge in [-0.15, -0.1) is 0 Å². The molecule has 0 unspecified atom stereocenters. The Labute approximate surface area is 280 Å². The summed E-state index contributed by atoms with van der Waals surface area (Å²) in [6, 6.07) is 20.0. The zero-order valence-electron chi connectivity index (χ0n) is 26.8. The Balaban J connectivity index is 0.968. The van der Waals surface area contributed by atoms with Crippen molar-refractivity contribution in [3.63, 3.8) is 0 Å². The molecule has 12 nitrogen and oxygen atoms in total. The minimum absolute atomic E-state index is 0.0750. The summed E-state index contributed by atoms with van der Waals surface area (Å²) in [6.45, 7) is 3.98. The molecule has 2 aromatic carbocycles. The van der Waals surface area contributed by atoms with Gasteiger partial charge in [0.05, 0.1) is 65.1 Å². The molecule has 12 heteroatoms. The molecular weight excluding hydrogens is 616 g/mol. The van der Waals surface area contributed by atoms with Crippen LogP contribution in [0.1, 0.15) is 50.5 Å². The maximum Gasteiger partial charge on any atom is 0.269 e. The Morgan fingerprint density at radius 3 is 2.02 bits per heavy atom. The van der Waals surface area contributed by atoms with Crippen molar-refractivity contribution < 1.29 is 38.1 Å². The van der Waals surface area contributed by atoms with Crippen LogP contribution < -0.4 is 15.5 Å². The van der Waals surface area contributed by atoms with Crippen molar-refractivity contribution in [3.05, 3.63) is 94.8 Å². The number of hydrogen-bond acceptors (Lipinski definition) is 9. The summed E-state index contributed by atoms with van der Waals surface area (Å²) >= 11 is 0. The van der Waals surface area contributed by atoms with Crippen LogP contribution in [0.2, 0.25) is 0 Å². The van der Waals surface area contributed by atoms with Crippen molar-refractivity contribution in [2.24, 2.45) is 0 Å². The molecule has 48 heavy (non-hydrogen) atoms. The van der Waals surface area contributed by atoms with Crippen LogP contribution in [-0.2, 0) is 35.1 Å². The van der Waals surface area contributed by atoms with Crippen molar-refractivity contribution in [2.45, 2.75) is 19.4 Å². The van der Waals surface area contributed by atoms with E-state index >= 15 is 0 Å². The fourth-order valence-corrected chi connectivity index (χ4v) is 4.65. The monoisotopic (exact) mass is 656 g/mol. The van der Waals surface area contributed by atoms with Crippen molar-refractivity contribution in [1.82, 2.24) is 15.6 Å². The number of rotatable bonds is 20. The SMILES string of the molecule is O=Cc1cccc(C(=O)NCCOCCOCCOCCOCCNC(=O)CCC(=O)N2Cc3ccccc3C#Cc3ccccc32)n1. The third kappa shape index (κ3) is 12.0. The van der Waals surface area contributed by atoms with Gasteiger partial charge in [-0.05, 0) is 35.9 Å². The van der Waals surface area contributed by atoms with Crippen LogP contribution in [-0.4, -0.2) is 94.9 Å². The van der Waals surface area contributed by atoms with E-state index in [0.29, 0.717) is 78.8 Å². The first-order valence-electron chi connectivity index (χ1n) is 15.8. The van der Waals surface area contributed by atoms with Gasteiger partial charge in [-0.25, -0.2) is 4.98 Å². The minimum atomic E-state index is -0.373. The summed E-state index contributed by atoms with van der Waals surface area (Å²) in [5.41, 5.74) is 3.75. The van der Waals surface area contributed by atoms with E-state index in [0.717, 1.165) is 22.4 Å². The van der Waals surface area contributed by atoms with Crippen LogP contribution in [0.5, 0.6) is 0 Å². The molecule has 0 bridgehead atoms. The lowest BCUT2D eigenvalue weighted by Gasteiger charge is -2.26. The van der Waals surface area contributed by atoms with E-state index in [-0.39, 0.29) is 42.0 Å². The summed E-state index contributed by atoms with van der Waals surface area (Å²) in [7, 11) is 0. The first-order chi connectivity index (χ1) is 23.5. The average Bonchev–Trinajstić information content (AvgIpc) is 3.11. The second-order valence-electron chi connectivity index (χ2n) is 10.5. The number of carbonyl (C=O) groups excluding carboxylic acids is 4. The zero-order chi connectivity index (χ0) is 33.8. The number of aromatic nitrogens is 1. The van der Waals surface area contributed by atoms with Crippen LogP contribution in [0, 0.1) is 11.8 Å². The largest absolute Gasteiger partial charge is 0.377 e. The second kappa shape index (κ2) is 20.3. The molecule has 3 aromatic rings. The molecule has 0 saturated carbocycles. The van der Waals surface area contributed by atoms with E-state index in [1.165, 1.54) is 12.1 Å². The van der Waals surface area contributed by atoms with Crippen LogP contribution in [0.3, 0.4) is 0 Å². The first-order valence-corrected chi connectivity index (χ1v) is 15.8. The topological polar surface area (TPSA) is 145 Å². The number of hydrogen-bond donors (Lipinski definition) is 2. The number of aldehydes is 1. The van der Waals surface area contributed by atoms with Gasteiger partial charge in [-0.3, -0.25) is 19.2 Å². The van der Waals surface area contributed by atoms with E-state index in [4.69, 9.17) is 18.9 Å². The highest BCUT2D eigenvalue weighted by molar-refractivity contribution is 5.97. The van der Waals surface area contributed by atoms with Gasteiger partial charge in [0, 0.05) is 37.1 Å². The predicted octanol–water partition coefficient (Wildman–Crippen LogP) is 2.53. The summed E-state index contributed by atoms with van der Waals surface area (Å²) in [5.74, 6) is 5.65. The first kappa shape index (κ1) is 35.9. The molecule has 0 fully saturated rings. The predicted molar refractivity (Wildman–Crippen MR) is 178 cm³/mol. The number of nitrogens with one attached hydrogen (secondary N) is 2. The number of carbonyl (C=O) groups is 4. The molecule has 0 aliphatic carbocycles. The average molecular weight is 657 g/mol. The maximum atomic E-state index is 13.3. The fraction of sp³-hybridized carbons (Fsp3) is 0.361. The third-order valence-electron chi connectivity index (χ3n) is 7.08. The molecule has 0 atom stereocenters. The van der Waals surface area contributed by atoms with E-state index in [1.807, 2.05) is 48.5 Å². The van der Waals surface area contributed by atoms with Crippen LogP contribution in [0.4, 0.5) is 5.69 Å². The van der Waals surface area contributed by atoms with E-state index < -0.39 is 0 Å². The Bertz CT molecular complexity index is 1590. The molecule has 0 saturated heterocycles. The molecule has 1 aliphatic rings. The maximum absolute atomic E-state index is 13.3. The molecule has 2 heterocycles. The van der Waals surface area contributed by atoms with Gasteiger partial charge < -0.3 is 34.5 Å². The number of ether oxygens (including phenoxy) is 4. The van der Waals surface area contributed by atoms with E-state index in [2.05, 4.69) is 27.5 Å². The number of pyridine rings is 1. The van der Waals surface area contributed by atoms with Crippen LogP contribution in [0.25, 0.3) is 0 Å². The van der Waals surface area contributed by atoms with Gasteiger partial charge >= 0.3 is 0 Å². The highest BCUT2D eigenvalue weighted by Gasteiger charge is 2.21. The van der Waals surface area contributed by atoms with Crippen LogP contribution >= 0.6 is 0 Å². The standard InChI is InChI=1S/C36H40N4O8/c41-27-31-9-5-10-32(39-31)36(44)38-17-19-46-21-23-48-25-24-47-22-20-45-18-16-37-34(42)14-15-35(43)40-26-30-8-2-1-6-28(30)12-13-29-7-3-4-11-33(29)40/h1-11,27H,14-26H2,(H,37,42)(H,38,44). The summed E-state index contributed by atoms with van der Waals surface area (Å²) in [6.07, 6.45) is 0.741. The normalized spacial score (nSPS) is 11.6.